The fourth-order valence-corrected chi connectivity index (χ4v) is 3.08. The van der Waals surface area contributed by atoms with Gasteiger partial charge in [-0.3, -0.25) is 4.79 Å². The summed E-state index contributed by atoms with van der Waals surface area (Å²) in [6.45, 7) is 0.271. The van der Waals surface area contributed by atoms with Crippen molar-refractivity contribution in [2.24, 2.45) is 0 Å². The summed E-state index contributed by atoms with van der Waals surface area (Å²) in [6, 6.07) is 7.47. The number of hydrogen-bond donors (Lipinski definition) is 1. The number of benzene rings is 1. The third kappa shape index (κ3) is 3.67. The van der Waals surface area contributed by atoms with Crippen LogP contribution < -0.4 is 19.4 Å². The average Bonchev–Trinajstić information content (AvgIpc) is 2.61. The van der Waals surface area contributed by atoms with Gasteiger partial charge in [-0.15, -0.1) is 0 Å². The first-order chi connectivity index (χ1) is 11.7. The number of hydrogen-bond acceptors (Lipinski definition) is 3. The molecule has 24 heavy (non-hydrogen) atoms. The molecule has 1 N–H and O–H groups in total. The number of pyridine rings is 1. The summed E-state index contributed by atoms with van der Waals surface area (Å²) >= 11 is 0. The number of ether oxygens (including phenoxy) is 2. The van der Waals surface area contributed by atoms with Crippen molar-refractivity contribution in [2.45, 2.75) is 32.2 Å². The number of aromatic nitrogens is 1. The van der Waals surface area contributed by atoms with Gasteiger partial charge in [0.25, 0.3) is 5.91 Å². The highest BCUT2D eigenvalue weighted by molar-refractivity contribution is 5.91. The summed E-state index contributed by atoms with van der Waals surface area (Å²) in [6.07, 6.45) is 8.80. The van der Waals surface area contributed by atoms with E-state index in [-0.39, 0.29) is 12.5 Å². The SMILES string of the molecule is COc1ccc(OC)c(NC(=O)C[n+]2ccc3c(c2)CCCC3)c1. The fourth-order valence-electron chi connectivity index (χ4n) is 3.08. The van der Waals surface area contributed by atoms with Gasteiger partial charge in [0.05, 0.1) is 19.9 Å². The van der Waals surface area contributed by atoms with Gasteiger partial charge in [-0.2, -0.15) is 4.57 Å². The Bertz CT molecular complexity index is 743. The highest BCUT2D eigenvalue weighted by atomic mass is 16.5. The highest BCUT2D eigenvalue weighted by Crippen LogP contribution is 2.28. The van der Waals surface area contributed by atoms with Crippen molar-refractivity contribution in [3.05, 3.63) is 47.8 Å². The quantitative estimate of drug-likeness (QED) is 0.859. The maximum absolute atomic E-state index is 12.4. The molecule has 0 saturated carbocycles. The van der Waals surface area contributed by atoms with Crippen LogP contribution in [0.5, 0.6) is 11.5 Å². The molecule has 1 aliphatic carbocycles. The standard InChI is InChI=1S/C19H22N2O3/c1-23-16-7-8-18(24-2)17(11-16)20-19(22)13-21-10-9-14-5-3-4-6-15(14)12-21/h7-12H,3-6,13H2,1-2H3/p+1. The Labute approximate surface area is 142 Å². The lowest BCUT2D eigenvalue weighted by Crippen LogP contribution is -2.40. The summed E-state index contributed by atoms with van der Waals surface area (Å²) in [7, 11) is 3.17. The van der Waals surface area contributed by atoms with Crippen LogP contribution in [0.25, 0.3) is 0 Å². The van der Waals surface area contributed by atoms with E-state index in [4.69, 9.17) is 9.47 Å². The van der Waals surface area contributed by atoms with Crippen LogP contribution in [0.1, 0.15) is 24.0 Å². The van der Waals surface area contributed by atoms with Crippen LogP contribution in [-0.4, -0.2) is 20.1 Å². The number of nitrogens with one attached hydrogen (secondary N) is 1. The Morgan fingerprint density at radius 2 is 1.92 bits per heavy atom. The molecule has 126 valence electrons. The molecule has 0 spiro atoms. The van der Waals surface area contributed by atoms with Crippen LogP contribution in [0.3, 0.4) is 0 Å². The second kappa shape index (κ2) is 7.34. The van der Waals surface area contributed by atoms with E-state index in [0.29, 0.717) is 17.2 Å². The number of rotatable bonds is 5. The molecule has 1 amide bonds. The van der Waals surface area contributed by atoms with Gasteiger partial charge in [-0.05, 0) is 43.4 Å². The number of anilines is 1. The number of amides is 1. The number of nitrogens with zero attached hydrogens (tertiary/aromatic N) is 1. The maximum atomic E-state index is 12.4. The summed E-state index contributed by atoms with van der Waals surface area (Å²) in [5, 5.41) is 2.90. The van der Waals surface area contributed by atoms with Crippen molar-refractivity contribution >= 4 is 11.6 Å². The van der Waals surface area contributed by atoms with Crippen LogP contribution in [0.15, 0.2) is 36.7 Å². The Kier molecular flexibility index (Phi) is 4.99. The van der Waals surface area contributed by atoms with E-state index in [0.717, 1.165) is 12.8 Å². The smallest absolute Gasteiger partial charge is 0.290 e. The van der Waals surface area contributed by atoms with Gasteiger partial charge in [-0.25, -0.2) is 0 Å². The molecule has 0 unspecified atom stereocenters. The molecule has 1 heterocycles. The van der Waals surface area contributed by atoms with E-state index in [2.05, 4.69) is 17.6 Å². The van der Waals surface area contributed by atoms with Gasteiger partial charge in [-0.1, -0.05) is 0 Å². The van der Waals surface area contributed by atoms with E-state index in [9.17, 15) is 4.79 Å². The molecule has 1 aromatic carbocycles. The van der Waals surface area contributed by atoms with Gasteiger partial charge in [0.15, 0.2) is 12.4 Å². The molecule has 3 rings (SSSR count). The van der Waals surface area contributed by atoms with Gasteiger partial charge >= 0.3 is 0 Å². The number of fused-ring (bicyclic) bond motifs is 1. The van der Waals surface area contributed by atoms with Gasteiger partial charge in [0, 0.05) is 17.7 Å². The minimum absolute atomic E-state index is 0.0951. The molecule has 0 saturated heterocycles. The number of methoxy groups -OCH3 is 2. The summed E-state index contributed by atoms with van der Waals surface area (Å²) in [5.74, 6) is 1.19. The Morgan fingerprint density at radius 3 is 2.67 bits per heavy atom. The van der Waals surface area contributed by atoms with Crippen LogP contribution >= 0.6 is 0 Å². The maximum Gasteiger partial charge on any atom is 0.290 e. The summed E-state index contributed by atoms with van der Waals surface area (Å²) in [4.78, 5) is 12.4. The largest absolute Gasteiger partial charge is 0.497 e. The first-order valence-corrected chi connectivity index (χ1v) is 8.22. The first kappa shape index (κ1) is 16.3. The predicted octanol–water partition coefficient (Wildman–Crippen LogP) is 2.51. The third-order valence-electron chi connectivity index (χ3n) is 4.35. The lowest BCUT2D eigenvalue weighted by molar-refractivity contribution is -0.684. The summed E-state index contributed by atoms with van der Waals surface area (Å²) in [5.41, 5.74) is 3.38. The van der Waals surface area contributed by atoms with Crippen molar-refractivity contribution in [3.63, 3.8) is 0 Å². The Morgan fingerprint density at radius 1 is 1.12 bits per heavy atom. The molecule has 5 heteroatoms. The normalized spacial score (nSPS) is 13.1. The molecule has 1 aliphatic rings. The molecule has 0 atom stereocenters. The first-order valence-electron chi connectivity index (χ1n) is 8.22. The lowest BCUT2D eigenvalue weighted by Gasteiger charge is -2.13. The Hall–Kier alpha value is -2.56. The monoisotopic (exact) mass is 327 g/mol. The molecule has 0 aliphatic heterocycles. The van der Waals surface area contributed by atoms with Crippen LogP contribution in [0.2, 0.25) is 0 Å². The van der Waals surface area contributed by atoms with Crippen molar-refractivity contribution in [2.75, 3.05) is 19.5 Å². The minimum Gasteiger partial charge on any atom is -0.497 e. The van der Waals surface area contributed by atoms with Crippen molar-refractivity contribution in [3.8, 4) is 11.5 Å². The van der Waals surface area contributed by atoms with E-state index in [1.807, 2.05) is 10.8 Å². The number of carbonyl (C=O) groups excluding carboxylic acids is 1. The zero-order valence-electron chi connectivity index (χ0n) is 14.2. The van der Waals surface area contributed by atoms with E-state index in [1.54, 1.807) is 32.4 Å². The van der Waals surface area contributed by atoms with E-state index >= 15 is 0 Å². The zero-order chi connectivity index (χ0) is 16.9. The van der Waals surface area contributed by atoms with Gasteiger partial charge in [0.1, 0.15) is 11.5 Å². The molecule has 0 fully saturated rings. The van der Waals surface area contributed by atoms with Crippen LogP contribution in [-0.2, 0) is 24.2 Å². The predicted molar refractivity (Wildman–Crippen MR) is 91.5 cm³/mol. The van der Waals surface area contributed by atoms with Crippen LogP contribution in [0.4, 0.5) is 5.69 Å². The zero-order valence-corrected chi connectivity index (χ0v) is 14.2. The van der Waals surface area contributed by atoms with Crippen molar-refractivity contribution < 1.29 is 18.8 Å². The minimum atomic E-state index is -0.0951. The molecule has 0 bridgehead atoms. The fraction of sp³-hybridized carbons (Fsp3) is 0.368. The molecule has 2 aromatic rings. The second-order valence-corrected chi connectivity index (χ2v) is 5.99. The summed E-state index contributed by atoms with van der Waals surface area (Å²) < 4.78 is 12.4. The second-order valence-electron chi connectivity index (χ2n) is 5.99. The molecular weight excluding hydrogens is 304 g/mol. The van der Waals surface area contributed by atoms with E-state index in [1.165, 1.54) is 24.0 Å². The topological polar surface area (TPSA) is 51.4 Å². The van der Waals surface area contributed by atoms with Gasteiger partial charge < -0.3 is 14.8 Å². The highest BCUT2D eigenvalue weighted by Gasteiger charge is 2.17. The lowest BCUT2D eigenvalue weighted by atomic mass is 9.93. The molecule has 0 radical (unpaired) electrons. The van der Waals surface area contributed by atoms with Crippen molar-refractivity contribution in [1.82, 2.24) is 0 Å². The molecular formula is C19H23N2O3+. The molecule has 1 aromatic heterocycles. The number of aryl methyl sites for hydroxylation is 2. The van der Waals surface area contributed by atoms with E-state index < -0.39 is 0 Å². The average molecular weight is 327 g/mol. The van der Waals surface area contributed by atoms with Gasteiger partial charge in [0.2, 0.25) is 6.54 Å². The number of carbonyl (C=O) groups is 1. The molecule has 5 nitrogen and oxygen atoms in total. The van der Waals surface area contributed by atoms with Crippen molar-refractivity contribution in [1.29, 1.82) is 0 Å². The van der Waals surface area contributed by atoms with Crippen LogP contribution in [0, 0.1) is 0 Å². The third-order valence-corrected chi connectivity index (χ3v) is 4.35. The Balaban J connectivity index is 1.72.